The third-order valence-electron chi connectivity index (χ3n) is 3.03. The highest BCUT2D eigenvalue weighted by Crippen LogP contribution is 2.18. The van der Waals surface area contributed by atoms with Crippen LogP contribution in [0.3, 0.4) is 0 Å². The zero-order valence-electron chi connectivity index (χ0n) is 12.5. The Morgan fingerprint density at radius 1 is 0.864 bits per heavy atom. The molecule has 0 aliphatic carbocycles. The van der Waals surface area contributed by atoms with Crippen LogP contribution in [0, 0.1) is 0 Å². The van der Waals surface area contributed by atoms with Crippen molar-refractivity contribution in [3.63, 3.8) is 0 Å². The topological polar surface area (TPSA) is 52.6 Å². The summed E-state index contributed by atoms with van der Waals surface area (Å²) in [4.78, 5) is 23.7. The quantitative estimate of drug-likeness (QED) is 0.367. The maximum absolute atomic E-state index is 12.3. The molecule has 4 nitrogen and oxygen atoms in total. The number of methoxy groups -OCH3 is 1. The lowest BCUT2D eigenvalue weighted by molar-refractivity contribution is -0.130. The smallest absolute Gasteiger partial charge is 0.338 e. The Balaban J connectivity index is 2.13. The molecule has 0 N–H and O–H groups in total. The molecule has 0 saturated heterocycles. The summed E-state index contributed by atoms with van der Waals surface area (Å²) in [5, 5.41) is 0. The van der Waals surface area contributed by atoms with Gasteiger partial charge in [0.05, 0.1) is 7.11 Å². The molecular weight excluding hydrogens is 280 g/mol. The van der Waals surface area contributed by atoms with Crippen LogP contribution in [0.15, 0.2) is 60.7 Å². The van der Waals surface area contributed by atoms with Gasteiger partial charge in [0, 0.05) is 16.7 Å². The average molecular weight is 296 g/mol. The van der Waals surface area contributed by atoms with Gasteiger partial charge < -0.3 is 9.47 Å². The first kappa shape index (κ1) is 15.5. The van der Waals surface area contributed by atoms with Gasteiger partial charge >= 0.3 is 5.97 Å². The minimum absolute atomic E-state index is 0.111. The second-order valence-corrected chi connectivity index (χ2v) is 4.75. The molecule has 2 rings (SSSR count). The Morgan fingerprint density at radius 3 is 1.73 bits per heavy atom. The van der Waals surface area contributed by atoms with E-state index in [9.17, 15) is 9.59 Å². The number of carbonyl (C=O) groups is 2. The Kier molecular flexibility index (Phi) is 4.73. The number of benzene rings is 2. The molecular formula is C18H16O4. The van der Waals surface area contributed by atoms with Crippen molar-refractivity contribution in [2.45, 2.75) is 6.92 Å². The molecule has 0 atom stereocenters. The minimum atomic E-state index is -0.491. The molecule has 0 aliphatic heterocycles. The second-order valence-electron chi connectivity index (χ2n) is 4.75. The molecule has 0 amide bonds. The molecule has 0 unspecified atom stereocenters. The van der Waals surface area contributed by atoms with Crippen molar-refractivity contribution in [3.05, 3.63) is 71.8 Å². The lowest BCUT2D eigenvalue weighted by Gasteiger charge is -2.06. The normalized spacial score (nSPS) is 9.91. The summed E-state index contributed by atoms with van der Waals surface area (Å²) in [7, 11) is 1.57. The summed E-state index contributed by atoms with van der Waals surface area (Å²) in [5.74, 6) is 0.465. The van der Waals surface area contributed by atoms with Crippen molar-refractivity contribution in [2.24, 2.45) is 0 Å². The fourth-order valence-corrected chi connectivity index (χ4v) is 1.78. The molecule has 0 spiro atoms. The van der Waals surface area contributed by atoms with Crippen LogP contribution in [0.25, 0.3) is 0 Å². The predicted octanol–water partition coefficient (Wildman–Crippen LogP) is 3.41. The number of carbonyl (C=O) groups excluding carboxylic acids is 2. The zero-order valence-corrected chi connectivity index (χ0v) is 12.5. The van der Waals surface area contributed by atoms with E-state index in [1.54, 1.807) is 62.6 Å². The van der Waals surface area contributed by atoms with E-state index in [1.807, 2.05) is 0 Å². The van der Waals surface area contributed by atoms with Crippen LogP contribution in [-0.4, -0.2) is 18.9 Å². The number of hydrogen-bond acceptors (Lipinski definition) is 4. The molecule has 112 valence electrons. The van der Waals surface area contributed by atoms with Crippen LogP contribution in [0.2, 0.25) is 0 Å². The van der Waals surface area contributed by atoms with Crippen LogP contribution >= 0.6 is 0 Å². The van der Waals surface area contributed by atoms with Gasteiger partial charge in [-0.05, 0) is 55.5 Å². The van der Waals surface area contributed by atoms with Gasteiger partial charge in [-0.15, -0.1) is 0 Å². The van der Waals surface area contributed by atoms with Gasteiger partial charge in [-0.3, -0.25) is 4.79 Å². The first-order valence-electron chi connectivity index (χ1n) is 6.68. The number of esters is 1. The molecule has 22 heavy (non-hydrogen) atoms. The number of ketones is 1. The molecule has 4 heteroatoms. The van der Waals surface area contributed by atoms with E-state index in [2.05, 4.69) is 6.58 Å². The van der Waals surface area contributed by atoms with E-state index in [0.717, 1.165) is 0 Å². The van der Waals surface area contributed by atoms with Gasteiger partial charge in [0.15, 0.2) is 5.78 Å². The van der Waals surface area contributed by atoms with Crippen LogP contribution in [0.5, 0.6) is 11.5 Å². The highest BCUT2D eigenvalue weighted by Gasteiger charge is 2.10. The summed E-state index contributed by atoms with van der Waals surface area (Å²) in [6.45, 7) is 5.09. The number of hydrogen-bond donors (Lipinski definition) is 0. The second kappa shape index (κ2) is 6.72. The van der Waals surface area contributed by atoms with Crippen molar-refractivity contribution in [1.29, 1.82) is 0 Å². The lowest BCUT2D eigenvalue weighted by Crippen LogP contribution is -2.08. The van der Waals surface area contributed by atoms with E-state index in [1.165, 1.54) is 0 Å². The summed E-state index contributed by atoms with van der Waals surface area (Å²) >= 11 is 0. The van der Waals surface area contributed by atoms with Gasteiger partial charge in [-0.1, -0.05) is 6.58 Å². The standard InChI is InChI=1S/C18H16O4/c1-12(2)18(20)22-16-10-6-14(7-11-16)17(19)13-4-8-15(21-3)9-5-13/h4-11H,1H2,2-3H3. The van der Waals surface area contributed by atoms with Crippen LogP contribution in [0.1, 0.15) is 22.8 Å². The number of rotatable bonds is 5. The SMILES string of the molecule is C=C(C)C(=O)Oc1ccc(C(=O)c2ccc(OC)cc2)cc1. The number of ether oxygens (including phenoxy) is 2. The largest absolute Gasteiger partial charge is 0.497 e. The minimum Gasteiger partial charge on any atom is -0.497 e. The fraction of sp³-hybridized carbons (Fsp3) is 0.111. The van der Waals surface area contributed by atoms with Crippen molar-refractivity contribution in [2.75, 3.05) is 7.11 Å². The molecule has 0 radical (unpaired) electrons. The predicted molar refractivity (Wildman–Crippen MR) is 83.3 cm³/mol. The van der Waals surface area contributed by atoms with Gasteiger partial charge in [0.1, 0.15) is 11.5 Å². The van der Waals surface area contributed by atoms with E-state index >= 15 is 0 Å². The third kappa shape index (κ3) is 3.61. The van der Waals surface area contributed by atoms with Crippen LogP contribution in [-0.2, 0) is 4.79 Å². The van der Waals surface area contributed by atoms with Crippen LogP contribution < -0.4 is 9.47 Å². The molecule has 0 saturated carbocycles. The Labute approximate surface area is 129 Å². The van der Waals surface area contributed by atoms with Gasteiger partial charge in [-0.2, -0.15) is 0 Å². The summed E-state index contributed by atoms with van der Waals surface area (Å²) < 4.78 is 10.1. The molecule has 0 bridgehead atoms. The summed E-state index contributed by atoms with van der Waals surface area (Å²) in [6, 6.07) is 13.3. The van der Waals surface area contributed by atoms with Gasteiger partial charge in [0.25, 0.3) is 0 Å². The highest BCUT2D eigenvalue weighted by molar-refractivity contribution is 6.09. The maximum Gasteiger partial charge on any atom is 0.338 e. The third-order valence-corrected chi connectivity index (χ3v) is 3.03. The van der Waals surface area contributed by atoms with E-state index in [-0.39, 0.29) is 5.78 Å². The zero-order chi connectivity index (χ0) is 16.1. The Hall–Kier alpha value is -2.88. The lowest BCUT2D eigenvalue weighted by atomic mass is 10.0. The molecule has 2 aromatic carbocycles. The van der Waals surface area contributed by atoms with Crippen molar-refractivity contribution >= 4 is 11.8 Å². The fourth-order valence-electron chi connectivity index (χ4n) is 1.78. The molecule has 0 heterocycles. The van der Waals surface area contributed by atoms with Gasteiger partial charge in [-0.25, -0.2) is 4.79 Å². The van der Waals surface area contributed by atoms with Gasteiger partial charge in [0.2, 0.25) is 0 Å². The highest BCUT2D eigenvalue weighted by atomic mass is 16.5. The Bertz CT molecular complexity index is 697. The first-order valence-corrected chi connectivity index (χ1v) is 6.68. The van der Waals surface area contributed by atoms with Crippen LogP contribution in [0.4, 0.5) is 0 Å². The average Bonchev–Trinajstić information content (AvgIpc) is 2.55. The maximum atomic E-state index is 12.3. The molecule has 0 aliphatic rings. The van der Waals surface area contributed by atoms with Crippen molar-refractivity contribution < 1.29 is 19.1 Å². The summed E-state index contributed by atoms with van der Waals surface area (Å²) in [5.41, 5.74) is 1.39. The van der Waals surface area contributed by atoms with Crippen molar-refractivity contribution in [1.82, 2.24) is 0 Å². The first-order chi connectivity index (χ1) is 10.5. The Morgan fingerprint density at radius 2 is 1.32 bits per heavy atom. The molecule has 0 fully saturated rings. The molecule has 0 aromatic heterocycles. The molecule has 2 aromatic rings. The summed E-state index contributed by atoms with van der Waals surface area (Å²) in [6.07, 6.45) is 0. The van der Waals surface area contributed by atoms with E-state index in [0.29, 0.717) is 28.2 Å². The van der Waals surface area contributed by atoms with E-state index in [4.69, 9.17) is 9.47 Å². The van der Waals surface area contributed by atoms with Crippen molar-refractivity contribution in [3.8, 4) is 11.5 Å². The van der Waals surface area contributed by atoms with E-state index < -0.39 is 5.97 Å². The monoisotopic (exact) mass is 296 g/mol.